The first-order valence-electron chi connectivity index (χ1n) is 6.81. The lowest BCUT2D eigenvalue weighted by molar-refractivity contribution is -0.139. The molecule has 0 aromatic rings. The van der Waals surface area contributed by atoms with Gasteiger partial charge in [0.25, 0.3) is 0 Å². The minimum absolute atomic E-state index is 0.249. The van der Waals surface area contributed by atoms with Gasteiger partial charge in [0, 0.05) is 31.1 Å². The van der Waals surface area contributed by atoms with Gasteiger partial charge in [-0.15, -0.1) is 0 Å². The molecule has 1 aliphatic carbocycles. The van der Waals surface area contributed by atoms with Gasteiger partial charge in [0.1, 0.15) is 0 Å². The van der Waals surface area contributed by atoms with Crippen LogP contribution in [0.5, 0.6) is 0 Å². The van der Waals surface area contributed by atoms with E-state index in [1.165, 1.54) is 19.3 Å². The Morgan fingerprint density at radius 2 is 2.12 bits per heavy atom. The predicted octanol–water partition coefficient (Wildman–Crippen LogP) is 1.78. The summed E-state index contributed by atoms with van der Waals surface area (Å²) in [6.45, 7) is 6.14. The number of nitrogens with zero attached hydrogens (tertiary/aromatic N) is 1. The van der Waals surface area contributed by atoms with Gasteiger partial charge < -0.3 is 10.2 Å². The second-order valence-corrected chi connectivity index (χ2v) is 5.10. The van der Waals surface area contributed by atoms with Crippen molar-refractivity contribution >= 4 is 5.91 Å². The van der Waals surface area contributed by atoms with Crippen LogP contribution in [-0.2, 0) is 4.79 Å². The number of piperazine rings is 1. The molecule has 1 aliphatic heterocycles. The second-order valence-electron chi connectivity index (χ2n) is 5.10. The number of nitrogens with one attached hydrogen (secondary N) is 1. The summed E-state index contributed by atoms with van der Waals surface area (Å²) in [4.78, 5) is 14.6. The summed E-state index contributed by atoms with van der Waals surface area (Å²) in [6, 6.07) is 1.06. The van der Waals surface area contributed by atoms with Crippen LogP contribution in [0.2, 0.25) is 0 Å². The summed E-state index contributed by atoms with van der Waals surface area (Å²) in [6.07, 6.45) is 5.68. The zero-order chi connectivity index (χ0) is 11.5. The molecule has 1 heterocycles. The van der Waals surface area contributed by atoms with Crippen molar-refractivity contribution in [1.82, 2.24) is 10.2 Å². The Labute approximate surface area is 98.6 Å². The molecule has 0 bridgehead atoms. The zero-order valence-corrected chi connectivity index (χ0v) is 10.5. The molecule has 2 rings (SSSR count). The Kier molecular flexibility index (Phi) is 3.85. The van der Waals surface area contributed by atoms with Gasteiger partial charge in [-0.05, 0) is 32.1 Å². The van der Waals surface area contributed by atoms with Crippen LogP contribution in [0.3, 0.4) is 0 Å². The summed E-state index contributed by atoms with van der Waals surface area (Å²) < 4.78 is 0. The maximum atomic E-state index is 12.4. The number of hydrogen-bond acceptors (Lipinski definition) is 2. The molecule has 3 heteroatoms. The summed E-state index contributed by atoms with van der Waals surface area (Å²) >= 11 is 0. The lowest BCUT2D eigenvalue weighted by Gasteiger charge is -2.40. The second kappa shape index (κ2) is 5.17. The lowest BCUT2D eigenvalue weighted by Crippen LogP contribution is -2.58. The van der Waals surface area contributed by atoms with E-state index >= 15 is 0 Å². The van der Waals surface area contributed by atoms with Crippen LogP contribution in [0.25, 0.3) is 0 Å². The van der Waals surface area contributed by atoms with Gasteiger partial charge in [-0.25, -0.2) is 0 Å². The normalized spacial score (nSPS) is 29.6. The van der Waals surface area contributed by atoms with E-state index < -0.39 is 0 Å². The van der Waals surface area contributed by atoms with Crippen LogP contribution < -0.4 is 5.32 Å². The minimum Gasteiger partial charge on any atom is -0.337 e. The van der Waals surface area contributed by atoms with Crippen molar-refractivity contribution in [3.05, 3.63) is 0 Å². The van der Waals surface area contributed by atoms with Crippen molar-refractivity contribution < 1.29 is 4.79 Å². The summed E-state index contributed by atoms with van der Waals surface area (Å²) in [5, 5.41) is 3.55. The fourth-order valence-electron chi connectivity index (χ4n) is 3.23. The topological polar surface area (TPSA) is 32.3 Å². The highest BCUT2D eigenvalue weighted by molar-refractivity contribution is 5.79. The molecule has 1 N–H and O–H groups in total. The van der Waals surface area contributed by atoms with Crippen molar-refractivity contribution in [2.75, 3.05) is 13.1 Å². The molecule has 1 saturated heterocycles. The number of fused-ring (bicyclic) bond motifs is 1. The van der Waals surface area contributed by atoms with E-state index in [1.54, 1.807) is 0 Å². The lowest BCUT2D eigenvalue weighted by atomic mass is 9.98. The number of hydrogen-bond donors (Lipinski definition) is 1. The molecule has 92 valence electrons. The van der Waals surface area contributed by atoms with E-state index in [-0.39, 0.29) is 5.92 Å². The van der Waals surface area contributed by atoms with Gasteiger partial charge in [-0.1, -0.05) is 13.8 Å². The molecule has 0 aromatic carbocycles. The van der Waals surface area contributed by atoms with Crippen LogP contribution in [0.1, 0.15) is 46.0 Å². The van der Waals surface area contributed by atoms with E-state index in [9.17, 15) is 4.79 Å². The average Bonchev–Trinajstić information content (AvgIpc) is 2.78. The third-order valence-electron chi connectivity index (χ3n) is 4.26. The van der Waals surface area contributed by atoms with E-state index in [2.05, 4.69) is 24.1 Å². The average molecular weight is 224 g/mol. The Hall–Kier alpha value is -0.570. The highest BCUT2D eigenvalue weighted by atomic mass is 16.2. The van der Waals surface area contributed by atoms with Crippen LogP contribution in [0, 0.1) is 5.92 Å². The molecular formula is C13H24N2O. The standard InChI is InChI=1S/C13H24N2O/c1-3-10(4-2)13(16)15-9-8-14-11-6-5-7-12(11)15/h10-12,14H,3-9H2,1-2H3. The Balaban J connectivity index is 2.04. The number of amides is 1. The van der Waals surface area contributed by atoms with Crippen LogP contribution >= 0.6 is 0 Å². The van der Waals surface area contributed by atoms with Crippen molar-refractivity contribution in [1.29, 1.82) is 0 Å². The molecule has 0 aromatic heterocycles. The van der Waals surface area contributed by atoms with Gasteiger partial charge in [0.15, 0.2) is 0 Å². The van der Waals surface area contributed by atoms with Crippen LogP contribution in [0.15, 0.2) is 0 Å². The smallest absolute Gasteiger partial charge is 0.226 e. The fraction of sp³-hybridized carbons (Fsp3) is 0.923. The monoisotopic (exact) mass is 224 g/mol. The quantitative estimate of drug-likeness (QED) is 0.792. The molecular weight excluding hydrogens is 200 g/mol. The zero-order valence-electron chi connectivity index (χ0n) is 10.5. The Morgan fingerprint density at radius 3 is 2.81 bits per heavy atom. The van der Waals surface area contributed by atoms with E-state index in [1.807, 2.05) is 0 Å². The Bertz CT molecular complexity index is 250. The van der Waals surface area contributed by atoms with E-state index in [0.717, 1.165) is 25.9 Å². The molecule has 2 unspecified atom stereocenters. The first-order valence-corrected chi connectivity index (χ1v) is 6.81. The molecule has 1 amide bonds. The third-order valence-corrected chi connectivity index (χ3v) is 4.26. The molecule has 0 spiro atoms. The largest absolute Gasteiger partial charge is 0.337 e. The molecule has 16 heavy (non-hydrogen) atoms. The van der Waals surface area contributed by atoms with Gasteiger partial charge >= 0.3 is 0 Å². The number of carbonyl (C=O) groups excluding carboxylic acids is 1. The third kappa shape index (κ3) is 2.10. The molecule has 2 aliphatic rings. The van der Waals surface area contributed by atoms with Gasteiger partial charge in [0.2, 0.25) is 5.91 Å². The summed E-state index contributed by atoms with van der Waals surface area (Å²) in [5.41, 5.74) is 0. The molecule has 3 nitrogen and oxygen atoms in total. The summed E-state index contributed by atoms with van der Waals surface area (Å²) in [5.74, 6) is 0.655. The first-order chi connectivity index (χ1) is 7.77. The van der Waals surface area contributed by atoms with Crippen molar-refractivity contribution in [2.45, 2.75) is 58.0 Å². The maximum absolute atomic E-state index is 12.4. The highest BCUT2D eigenvalue weighted by Crippen LogP contribution is 2.28. The van der Waals surface area contributed by atoms with Crippen molar-refractivity contribution in [3.8, 4) is 0 Å². The first kappa shape index (κ1) is 11.9. The number of carbonyl (C=O) groups is 1. The summed E-state index contributed by atoms with van der Waals surface area (Å²) in [7, 11) is 0. The van der Waals surface area contributed by atoms with Gasteiger partial charge in [0.05, 0.1) is 0 Å². The molecule has 0 radical (unpaired) electrons. The van der Waals surface area contributed by atoms with E-state index in [4.69, 9.17) is 0 Å². The van der Waals surface area contributed by atoms with Crippen LogP contribution in [0.4, 0.5) is 0 Å². The fourth-order valence-corrected chi connectivity index (χ4v) is 3.23. The number of rotatable bonds is 3. The van der Waals surface area contributed by atoms with Gasteiger partial charge in [-0.3, -0.25) is 4.79 Å². The Morgan fingerprint density at radius 1 is 1.38 bits per heavy atom. The molecule has 2 fully saturated rings. The predicted molar refractivity (Wildman–Crippen MR) is 65.2 cm³/mol. The van der Waals surface area contributed by atoms with Crippen molar-refractivity contribution in [3.63, 3.8) is 0 Å². The molecule has 2 atom stereocenters. The van der Waals surface area contributed by atoms with Gasteiger partial charge in [-0.2, -0.15) is 0 Å². The minimum atomic E-state index is 0.249. The molecule has 1 saturated carbocycles. The van der Waals surface area contributed by atoms with Crippen LogP contribution in [-0.4, -0.2) is 36.0 Å². The van der Waals surface area contributed by atoms with Crippen molar-refractivity contribution in [2.24, 2.45) is 5.92 Å². The SMILES string of the molecule is CCC(CC)C(=O)N1CCNC2CCCC21. The van der Waals surface area contributed by atoms with E-state index in [0.29, 0.717) is 18.0 Å². The maximum Gasteiger partial charge on any atom is 0.226 e. The highest BCUT2D eigenvalue weighted by Gasteiger charge is 2.38.